The van der Waals surface area contributed by atoms with E-state index in [1.54, 1.807) is 7.05 Å². The predicted octanol–water partition coefficient (Wildman–Crippen LogP) is 0.521. The number of aromatic nitrogens is 5. The first-order chi connectivity index (χ1) is 9.60. The summed E-state index contributed by atoms with van der Waals surface area (Å²) in [5, 5.41) is 7.70. The molecule has 8 nitrogen and oxygen atoms in total. The Hall–Kier alpha value is -1.87. The van der Waals surface area contributed by atoms with Crippen LogP contribution in [0.4, 0.5) is 5.82 Å². The van der Waals surface area contributed by atoms with Gasteiger partial charge in [0.2, 0.25) is 0 Å². The van der Waals surface area contributed by atoms with Crippen LogP contribution in [0.15, 0.2) is 15.0 Å². The molecule has 0 bridgehead atoms. The molecular formula is C11H15N7OS. The van der Waals surface area contributed by atoms with E-state index in [4.69, 9.17) is 5.84 Å². The average molecular weight is 293 g/mol. The van der Waals surface area contributed by atoms with Crippen LogP contribution in [0.5, 0.6) is 0 Å². The molecule has 2 aromatic rings. The van der Waals surface area contributed by atoms with Gasteiger partial charge in [0, 0.05) is 18.5 Å². The first kappa shape index (κ1) is 13.1. The average Bonchev–Trinajstić information content (AvgIpc) is 3.24. The van der Waals surface area contributed by atoms with Gasteiger partial charge >= 0.3 is 5.69 Å². The van der Waals surface area contributed by atoms with Gasteiger partial charge in [-0.2, -0.15) is 0 Å². The van der Waals surface area contributed by atoms with E-state index in [0.29, 0.717) is 16.9 Å². The van der Waals surface area contributed by atoms with E-state index in [1.807, 2.05) is 6.92 Å². The molecule has 9 heteroatoms. The van der Waals surface area contributed by atoms with Gasteiger partial charge in [0.1, 0.15) is 16.7 Å². The van der Waals surface area contributed by atoms with Crippen LogP contribution >= 0.6 is 11.8 Å². The molecule has 0 radical (unpaired) electrons. The van der Waals surface area contributed by atoms with Crippen molar-refractivity contribution in [2.24, 2.45) is 12.9 Å². The molecule has 3 rings (SSSR count). The molecule has 0 atom stereocenters. The monoisotopic (exact) mass is 293 g/mol. The summed E-state index contributed by atoms with van der Waals surface area (Å²) in [5.41, 5.74) is 3.20. The van der Waals surface area contributed by atoms with Crippen molar-refractivity contribution in [3.63, 3.8) is 0 Å². The van der Waals surface area contributed by atoms with Crippen LogP contribution < -0.4 is 17.0 Å². The summed E-state index contributed by atoms with van der Waals surface area (Å²) in [7, 11) is 1.66. The Balaban J connectivity index is 2.01. The quantitative estimate of drug-likeness (QED) is 0.427. The zero-order valence-electron chi connectivity index (χ0n) is 11.2. The van der Waals surface area contributed by atoms with Gasteiger partial charge in [-0.05, 0) is 31.5 Å². The Morgan fingerprint density at radius 2 is 2.20 bits per heavy atom. The Morgan fingerprint density at radius 3 is 2.75 bits per heavy atom. The van der Waals surface area contributed by atoms with E-state index in [1.165, 1.54) is 16.3 Å². The van der Waals surface area contributed by atoms with E-state index >= 15 is 0 Å². The van der Waals surface area contributed by atoms with Crippen LogP contribution in [-0.2, 0) is 7.05 Å². The van der Waals surface area contributed by atoms with Crippen LogP contribution in [0.25, 0.3) is 0 Å². The zero-order chi connectivity index (χ0) is 14.3. The summed E-state index contributed by atoms with van der Waals surface area (Å²) in [5.74, 6) is 7.34. The summed E-state index contributed by atoms with van der Waals surface area (Å²) in [6.07, 6.45) is 2.22. The lowest BCUT2D eigenvalue weighted by atomic mass is 10.3. The third kappa shape index (κ3) is 2.29. The maximum atomic E-state index is 11.4. The summed E-state index contributed by atoms with van der Waals surface area (Å²) < 4.78 is 1.44. The second kappa shape index (κ2) is 4.91. The number of anilines is 1. The first-order valence-corrected chi connectivity index (χ1v) is 7.06. The second-order valence-electron chi connectivity index (χ2n) is 4.75. The Labute approximate surface area is 119 Å². The number of nitrogens with one attached hydrogen (secondary N) is 2. The Kier molecular flexibility index (Phi) is 3.22. The number of hydrogen-bond acceptors (Lipinski definition) is 7. The lowest BCUT2D eigenvalue weighted by Crippen LogP contribution is -2.14. The van der Waals surface area contributed by atoms with Crippen LogP contribution in [0, 0.1) is 6.92 Å². The standard InChI is InChI=1S/C11H15N7OS/c1-5-7(15-12)13-8(6-3-4-6)14-9(5)20-11-17-16-10(19)18(11)2/h6H,3-4,12H2,1-2H3,(H,16,19)(H,13,14,15). The summed E-state index contributed by atoms with van der Waals surface area (Å²) in [4.78, 5) is 20.4. The van der Waals surface area contributed by atoms with Crippen molar-refractivity contribution in [3.8, 4) is 0 Å². The molecule has 20 heavy (non-hydrogen) atoms. The fraction of sp³-hybridized carbons (Fsp3) is 0.455. The Morgan fingerprint density at radius 1 is 1.45 bits per heavy atom. The maximum absolute atomic E-state index is 11.4. The van der Waals surface area contributed by atoms with E-state index in [-0.39, 0.29) is 5.69 Å². The van der Waals surface area contributed by atoms with Crippen LogP contribution in [0.3, 0.4) is 0 Å². The van der Waals surface area contributed by atoms with Gasteiger partial charge in [0.25, 0.3) is 0 Å². The molecule has 0 amide bonds. The molecule has 1 fully saturated rings. The lowest BCUT2D eigenvalue weighted by Gasteiger charge is -2.10. The van der Waals surface area contributed by atoms with Crippen LogP contribution in [0.1, 0.15) is 30.1 Å². The van der Waals surface area contributed by atoms with Gasteiger partial charge in [0.05, 0.1) is 0 Å². The first-order valence-electron chi connectivity index (χ1n) is 6.24. The van der Waals surface area contributed by atoms with Crippen molar-refractivity contribution in [1.82, 2.24) is 24.7 Å². The molecule has 2 aromatic heterocycles. The van der Waals surface area contributed by atoms with Gasteiger partial charge in [0.15, 0.2) is 5.16 Å². The molecule has 0 aliphatic heterocycles. The highest BCUT2D eigenvalue weighted by atomic mass is 32.2. The molecule has 0 saturated heterocycles. The van der Waals surface area contributed by atoms with Gasteiger partial charge in [-0.15, -0.1) is 5.10 Å². The van der Waals surface area contributed by atoms with Crippen LogP contribution in [-0.4, -0.2) is 24.7 Å². The number of H-pyrrole nitrogens is 1. The third-order valence-electron chi connectivity index (χ3n) is 3.22. The van der Waals surface area contributed by atoms with E-state index in [9.17, 15) is 4.79 Å². The topological polar surface area (TPSA) is 115 Å². The van der Waals surface area contributed by atoms with Crippen molar-refractivity contribution in [1.29, 1.82) is 0 Å². The maximum Gasteiger partial charge on any atom is 0.343 e. The van der Waals surface area contributed by atoms with Crippen LogP contribution in [0.2, 0.25) is 0 Å². The number of hydrazine groups is 1. The number of rotatable bonds is 4. The second-order valence-corrected chi connectivity index (χ2v) is 5.71. The number of nitrogen functional groups attached to an aromatic ring is 1. The van der Waals surface area contributed by atoms with Gasteiger partial charge < -0.3 is 5.43 Å². The molecule has 2 heterocycles. The summed E-state index contributed by atoms with van der Waals surface area (Å²) >= 11 is 1.32. The smallest absolute Gasteiger partial charge is 0.308 e. The predicted molar refractivity (Wildman–Crippen MR) is 74.5 cm³/mol. The normalized spacial score (nSPS) is 14.6. The van der Waals surface area contributed by atoms with Gasteiger partial charge in [-0.1, -0.05) is 0 Å². The minimum absolute atomic E-state index is 0.251. The van der Waals surface area contributed by atoms with E-state index in [2.05, 4.69) is 25.6 Å². The third-order valence-corrected chi connectivity index (χ3v) is 4.36. The lowest BCUT2D eigenvalue weighted by molar-refractivity contribution is 0.762. The largest absolute Gasteiger partial charge is 0.343 e. The number of nitrogens with two attached hydrogens (primary N) is 1. The van der Waals surface area contributed by atoms with Crippen molar-refractivity contribution >= 4 is 17.6 Å². The van der Waals surface area contributed by atoms with Crippen molar-refractivity contribution < 1.29 is 0 Å². The molecule has 0 unspecified atom stereocenters. The highest BCUT2D eigenvalue weighted by molar-refractivity contribution is 7.99. The number of hydrogen-bond donors (Lipinski definition) is 3. The van der Waals surface area contributed by atoms with Crippen molar-refractivity contribution in [3.05, 3.63) is 21.9 Å². The highest BCUT2D eigenvalue weighted by Gasteiger charge is 2.28. The fourth-order valence-electron chi connectivity index (χ4n) is 1.79. The minimum atomic E-state index is -0.251. The van der Waals surface area contributed by atoms with Gasteiger partial charge in [-0.3, -0.25) is 4.57 Å². The summed E-state index contributed by atoms with van der Waals surface area (Å²) in [6.45, 7) is 1.89. The molecule has 1 aliphatic rings. The van der Waals surface area contributed by atoms with E-state index < -0.39 is 0 Å². The SMILES string of the molecule is Cc1c(NN)nc(C2CC2)nc1Sc1n[nH]c(=O)n1C. The summed E-state index contributed by atoms with van der Waals surface area (Å²) in [6, 6.07) is 0. The fourth-order valence-corrected chi connectivity index (χ4v) is 2.66. The number of nitrogens with zero attached hydrogens (tertiary/aromatic N) is 4. The highest BCUT2D eigenvalue weighted by Crippen LogP contribution is 2.40. The van der Waals surface area contributed by atoms with Crippen molar-refractivity contribution in [2.45, 2.75) is 35.9 Å². The van der Waals surface area contributed by atoms with Crippen molar-refractivity contribution in [2.75, 3.05) is 5.43 Å². The molecule has 0 aromatic carbocycles. The molecular weight excluding hydrogens is 278 g/mol. The molecule has 4 N–H and O–H groups in total. The minimum Gasteiger partial charge on any atom is -0.308 e. The molecule has 1 saturated carbocycles. The molecule has 0 spiro atoms. The zero-order valence-corrected chi connectivity index (χ0v) is 12.0. The van der Waals surface area contributed by atoms with Gasteiger partial charge in [-0.25, -0.2) is 25.7 Å². The molecule has 106 valence electrons. The number of aromatic amines is 1. The Bertz CT molecular complexity index is 703. The molecule has 1 aliphatic carbocycles. The van der Waals surface area contributed by atoms with E-state index in [0.717, 1.165) is 29.3 Å².